The molecule has 10 nitrogen and oxygen atoms in total. The first kappa shape index (κ1) is 33.4. The number of carbonyl (C=O) groups is 4. The van der Waals surface area contributed by atoms with E-state index in [4.69, 9.17) is 17.3 Å². The molecule has 2 aliphatic rings. The summed E-state index contributed by atoms with van der Waals surface area (Å²) in [7, 11) is 0. The number of benzene rings is 2. The minimum absolute atomic E-state index is 0.00250. The Morgan fingerprint density at radius 2 is 1.75 bits per heavy atom. The molecule has 1 fully saturated rings. The van der Waals surface area contributed by atoms with Crippen molar-refractivity contribution in [3.63, 3.8) is 0 Å². The number of aryl methyl sites for hydroxylation is 1. The molecule has 0 aromatic heterocycles. The molecule has 238 valence electrons. The van der Waals surface area contributed by atoms with Crippen molar-refractivity contribution in [1.82, 2.24) is 20.0 Å². The Hall–Kier alpha value is -3.47. The van der Waals surface area contributed by atoms with Crippen molar-refractivity contribution in [2.75, 3.05) is 38.0 Å². The number of carbonyl (C=O) groups excluding carboxylic acids is 4. The molecule has 2 aromatic carbocycles. The topological polar surface area (TPSA) is 128 Å². The molecule has 1 saturated heterocycles. The molecular weight excluding hydrogens is 580 g/mol. The number of fused-ring (bicyclic) bond motifs is 1. The standard InChI is InChI=1S/C33H45ClN6O4/c1-5-38-16-17-40(33(3,4)21-38)30(42)13-12-29(41)39-20-24-9-7-6-8-23(24)19-28(39)32(44)37-27(14-15-35)31(43)36-25-10-11-26(34)22(2)18-25/h6-11,18,27-28H,5,12-17,19-21,35H2,1-4H3,(H,36,43)(H,37,44)/t27-,28-/m0/s1. The molecule has 2 aromatic rings. The number of nitrogens with zero attached hydrogens (tertiary/aromatic N) is 3. The summed E-state index contributed by atoms with van der Waals surface area (Å²) >= 11 is 6.12. The van der Waals surface area contributed by atoms with Crippen LogP contribution in [0.3, 0.4) is 0 Å². The first-order chi connectivity index (χ1) is 20.9. The molecule has 0 spiro atoms. The van der Waals surface area contributed by atoms with Crippen LogP contribution in [0.5, 0.6) is 0 Å². The van der Waals surface area contributed by atoms with Gasteiger partial charge in [0.25, 0.3) is 0 Å². The number of hydrogen-bond acceptors (Lipinski definition) is 6. The van der Waals surface area contributed by atoms with Crippen LogP contribution in [0.4, 0.5) is 5.69 Å². The van der Waals surface area contributed by atoms with E-state index in [0.717, 1.165) is 36.3 Å². The third kappa shape index (κ3) is 7.97. The van der Waals surface area contributed by atoms with Gasteiger partial charge in [0.2, 0.25) is 23.6 Å². The second-order valence-corrected chi connectivity index (χ2v) is 12.7. The molecule has 4 rings (SSSR count). The Kier molecular flexibility index (Phi) is 11.0. The van der Waals surface area contributed by atoms with E-state index in [1.807, 2.05) is 36.1 Å². The van der Waals surface area contributed by atoms with E-state index in [1.165, 1.54) is 0 Å². The summed E-state index contributed by atoms with van der Waals surface area (Å²) in [4.78, 5) is 59.7. The van der Waals surface area contributed by atoms with Gasteiger partial charge in [-0.3, -0.25) is 24.1 Å². The number of likely N-dealkylation sites (N-methyl/N-ethyl adjacent to an activating group) is 1. The van der Waals surface area contributed by atoms with E-state index in [1.54, 1.807) is 23.1 Å². The van der Waals surface area contributed by atoms with Crippen LogP contribution in [-0.2, 0) is 32.1 Å². The fraction of sp³-hybridized carbons (Fsp3) is 0.515. The number of piperazine rings is 1. The van der Waals surface area contributed by atoms with E-state index in [0.29, 0.717) is 23.7 Å². The van der Waals surface area contributed by atoms with Crippen LogP contribution in [0.1, 0.15) is 56.7 Å². The monoisotopic (exact) mass is 624 g/mol. The van der Waals surface area contributed by atoms with E-state index >= 15 is 0 Å². The lowest BCUT2D eigenvalue weighted by molar-refractivity contribution is -0.146. The normalized spacial score (nSPS) is 18.7. The zero-order valence-corrected chi connectivity index (χ0v) is 27.0. The van der Waals surface area contributed by atoms with Crippen LogP contribution >= 0.6 is 11.6 Å². The van der Waals surface area contributed by atoms with E-state index < -0.39 is 23.9 Å². The smallest absolute Gasteiger partial charge is 0.246 e. The van der Waals surface area contributed by atoms with Gasteiger partial charge in [-0.2, -0.15) is 0 Å². The number of rotatable bonds is 10. The molecule has 2 heterocycles. The lowest BCUT2D eigenvalue weighted by Crippen LogP contribution is -2.61. The minimum atomic E-state index is -0.900. The fourth-order valence-corrected chi connectivity index (χ4v) is 6.27. The molecular formula is C33H45ClN6O4. The summed E-state index contributed by atoms with van der Waals surface area (Å²) in [5.74, 6) is -1.17. The number of halogens is 1. The Morgan fingerprint density at radius 1 is 1.05 bits per heavy atom. The lowest BCUT2D eigenvalue weighted by atomic mass is 9.92. The first-order valence-electron chi connectivity index (χ1n) is 15.4. The summed E-state index contributed by atoms with van der Waals surface area (Å²) in [6, 6.07) is 11.1. The minimum Gasteiger partial charge on any atom is -0.342 e. The zero-order chi connectivity index (χ0) is 32.0. The zero-order valence-electron chi connectivity index (χ0n) is 26.2. The van der Waals surface area contributed by atoms with Gasteiger partial charge in [-0.05, 0) is 75.2 Å². The Balaban J connectivity index is 1.46. The number of hydrogen-bond donors (Lipinski definition) is 3. The van der Waals surface area contributed by atoms with Crippen molar-refractivity contribution >= 4 is 40.9 Å². The van der Waals surface area contributed by atoms with Crippen molar-refractivity contribution < 1.29 is 19.2 Å². The SMILES string of the molecule is CCN1CCN(C(=O)CCC(=O)N2Cc3ccccc3C[C@H]2C(=O)N[C@@H](CCN)C(=O)Nc2ccc(Cl)c(C)c2)C(C)(C)C1. The molecule has 0 bridgehead atoms. The molecule has 0 aliphatic carbocycles. The average Bonchev–Trinajstić information content (AvgIpc) is 2.99. The molecule has 4 amide bonds. The average molecular weight is 625 g/mol. The van der Waals surface area contributed by atoms with Crippen LogP contribution in [0.15, 0.2) is 42.5 Å². The van der Waals surface area contributed by atoms with Crippen molar-refractivity contribution in [2.24, 2.45) is 5.73 Å². The highest BCUT2D eigenvalue weighted by Crippen LogP contribution is 2.26. The maximum Gasteiger partial charge on any atom is 0.246 e. The lowest BCUT2D eigenvalue weighted by Gasteiger charge is -2.47. The van der Waals surface area contributed by atoms with Crippen LogP contribution in [0.25, 0.3) is 0 Å². The molecule has 2 atom stereocenters. The summed E-state index contributed by atoms with van der Waals surface area (Å²) < 4.78 is 0. The van der Waals surface area contributed by atoms with Gasteiger partial charge in [-0.1, -0.05) is 42.8 Å². The largest absolute Gasteiger partial charge is 0.342 e. The number of nitrogens with two attached hydrogens (primary N) is 1. The van der Waals surface area contributed by atoms with Gasteiger partial charge in [0.1, 0.15) is 12.1 Å². The summed E-state index contributed by atoms with van der Waals surface area (Å²) in [6.07, 6.45) is 0.592. The molecule has 0 radical (unpaired) electrons. The Labute approximate surface area is 265 Å². The van der Waals surface area contributed by atoms with Crippen molar-refractivity contribution in [2.45, 2.75) is 77.5 Å². The maximum atomic E-state index is 13.8. The summed E-state index contributed by atoms with van der Waals surface area (Å²) in [6.45, 7) is 11.6. The van der Waals surface area contributed by atoms with Crippen molar-refractivity contribution in [3.05, 3.63) is 64.2 Å². The van der Waals surface area contributed by atoms with Crippen molar-refractivity contribution in [3.8, 4) is 0 Å². The molecule has 0 unspecified atom stereocenters. The molecule has 4 N–H and O–H groups in total. The molecule has 0 saturated carbocycles. The Bertz CT molecular complexity index is 1380. The highest BCUT2D eigenvalue weighted by atomic mass is 35.5. The highest BCUT2D eigenvalue weighted by Gasteiger charge is 2.38. The maximum absolute atomic E-state index is 13.8. The van der Waals surface area contributed by atoms with E-state index in [2.05, 4.69) is 36.3 Å². The van der Waals surface area contributed by atoms with Gasteiger partial charge in [0.05, 0.1) is 0 Å². The predicted molar refractivity (Wildman–Crippen MR) is 172 cm³/mol. The fourth-order valence-electron chi connectivity index (χ4n) is 6.15. The second kappa shape index (κ2) is 14.5. The number of amides is 4. The van der Waals surface area contributed by atoms with Crippen LogP contribution < -0.4 is 16.4 Å². The summed E-state index contributed by atoms with van der Waals surface area (Å²) in [5.41, 5.74) is 8.78. The highest BCUT2D eigenvalue weighted by molar-refractivity contribution is 6.31. The molecule has 44 heavy (non-hydrogen) atoms. The van der Waals surface area contributed by atoms with Crippen molar-refractivity contribution in [1.29, 1.82) is 0 Å². The van der Waals surface area contributed by atoms with E-state index in [9.17, 15) is 19.2 Å². The van der Waals surface area contributed by atoms with Crippen LogP contribution in [0.2, 0.25) is 5.02 Å². The van der Waals surface area contributed by atoms with E-state index in [-0.39, 0.29) is 49.7 Å². The third-order valence-electron chi connectivity index (χ3n) is 8.67. The first-order valence-corrected chi connectivity index (χ1v) is 15.8. The number of nitrogens with one attached hydrogen (secondary N) is 2. The van der Waals surface area contributed by atoms with Gasteiger partial charge >= 0.3 is 0 Å². The van der Waals surface area contributed by atoms with Gasteiger partial charge in [0, 0.05) is 61.7 Å². The Morgan fingerprint density at radius 3 is 2.41 bits per heavy atom. The predicted octanol–water partition coefficient (Wildman–Crippen LogP) is 3.10. The van der Waals surface area contributed by atoms with Gasteiger partial charge in [0.15, 0.2) is 0 Å². The quantitative estimate of drug-likeness (QED) is 0.373. The third-order valence-corrected chi connectivity index (χ3v) is 9.09. The molecule has 2 aliphatic heterocycles. The van der Waals surface area contributed by atoms with Gasteiger partial charge < -0.3 is 26.2 Å². The summed E-state index contributed by atoms with van der Waals surface area (Å²) in [5, 5.41) is 6.28. The van der Waals surface area contributed by atoms with Crippen LogP contribution in [0, 0.1) is 6.92 Å². The number of anilines is 1. The second-order valence-electron chi connectivity index (χ2n) is 12.3. The molecule has 11 heteroatoms. The van der Waals surface area contributed by atoms with Gasteiger partial charge in [-0.15, -0.1) is 0 Å². The van der Waals surface area contributed by atoms with Crippen LogP contribution in [-0.4, -0.2) is 88.7 Å². The van der Waals surface area contributed by atoms with Gasteiger partial charge in [-0.25, -0.2) is 0 Å².